The number of aryl methyl sites for hydroxylation is 1. The summed E-state index contributed by atoms with van der Waals surface area (Å²) in [5.74, 6) is 0.810. The highest BCUT2D eigenvalue weighted by Crippen LogP contribution is 2.31. The van der Waals surface area contributed by atoms with Gasteiger partial charge in [-0.3, -0.25) is 4.79 Å². The Morgan fingerprint density at radius 3 is 2.58 bits per heavy atom. The number of nitrogens with zero attached hydrogens (tertiary/aromatic N) is 3. The van der Waals surface area contributed by atoms with Crippen LogP contribution in [0.3, 0.4) is 0 Å². The summed E-state index contributed by atoms with van der Waals surface area (Å²) in [6.45, 7) is 3.83. The molecule has 1 aromatic heterocycles. The summed E-state index contributed by atoms with van der Waals surface area (Å²) in [5.41, 5.74) is 0.387. The first-order valence-corrected chi connectivity index (χ1v) is 10.3. The lowest BCUT2D eigenvalue weighted by Gasteiger charge is -2.14. The Hall–Kier alpha value is -3.01. The van der Waals surface area contributed by atoms with Crippen molar-refractivity contribution < 1.29 is 22.7 Å². The van der Waals surface area contributed by atoms with Crippen LogP contribution in [0.5, 0.6) is 5.75 Å². The number of aromatic nitrogens is 3. The van der Waals surface area contributed by atoms with Gasteiger partial charge < -0.3 is 14.6 Å². The normalized spacial score (nSPS) is 12.5. The standard InChI is InChI=1S/C21H21F3N4O2S/c1-13-7-9-17(10-8-13)30-14(2)19-26-27-20(28(19)3)31-12-18(29)25-16-6-4-5-15(11-16)21(22,23)24/h4-11,14H,12H2,1-3H3,(H,25,29). The molecule has 10 heteroatoms. The molecule has 0 aliphatic carbocycles. The smallest absolute Gasteiger partial charge is 0.416 e. The van der Waals surface area contributed by atoms with E-state index in [9.17, 15) is 18.0 Å². The molecule has 0 spiro atoms. The second-order valence-electron chi connectivity index (χ2n) is 6.89. The Kier molecular flexibility index (Phi) is 6.89. The van der Waals surface area contributed by atoms with E-state index in [0.717, 1.165) is 29.5 Å². The minimum absolute atomic E-state index is 0.0323. The molecule has 1 N–H and O–H groups in total. The molecule has 6 nitrogen and oxygen atoms in total. The summed E-state index contributed by atoms with van der Waals surface area (Å²) < 4.78 is 46.0. The zero-order chi connectivity index (χ0) is 22.6. The van der Waals surface area contributed by atoms with Crippen LogP contribution in [0.15, 0.2) is 53.7 Å². The summed E-state index contributed by atoms with van der Waals surface area (Å²) in [6, 6.07) is 12.1. The van der Waals surface area contributed by atoms with E-state index >= 15 is 0 Å². The number of nitrogens with one attached hydrogen (secondary N) is 1. The third kappa shape index (κ3) is 6.00. The third-order valence-electron chi connectivity index (χ3n) is 4.37. The molecule has 3 rings (SSSR count). The zero-order valence-electron chi connectivity index (χ0n) is 17.1. The maximum atomic E-state index is 12.8. The van der Waals surface area contributed by atoms with Crippen LogP contribution >= 0.6 is 11.8 Å². The molecule has 0 fully saturated rings. The van der Waals surface area contributed by atoms with Gasteiger partial charge in [-0.1, -0.05) is 35.5 Å². The number of anilines is 1. The fourth-order valence-electron chi connectivity index (χ4n) is 2.78. The van der Waals surface area contributed by atoms with Gasteiger partial charge in [-0.25, -0.2) is 0 Å². The lowest BCUT2D eigenvalue weighted by atomic mass is 10.2. The second-order valence-corrected chi connectivity index (χ2v) is 7.83. The minimum atomic E-state index is -4.47. The molecule has 1 heterocycles. The molecule has 1 atom stereocenters. The molecular formula is C21H21F3N4O2S. The quantitative estimate of drug-likeness (QED) is 0.513. The summed E-state index contributed by atoms with van der Waals surface area (Å²) in [4.78, 5) is 12.2. The van der Waals surface area contributed by atoms with Crippen molar-refractivity contribution >= 4 is 23.4 Å². The van der Waals surface area contributed by atoms with E-state index in [1.54, 1.807) is 11.6 Å². The maximum Gasteiger partial charge on any atom is 0.416 e. The number of alkyl halides is 3. The number of amides is 1. The van der Waals surface area contributed by atoms with Crippen LogP contribution in [0.2, 0.25) is 0 Å². The first-order chi connectivity index (χ1) is 14.6. The van der Waals surface area contributed by atoms with E-state index in [-0.39, 0.29) is 17.5 Å². The fraction of sp³-hybridized carbons (Fsp3) is 0.286. The minimum Gasteiger partial charge on any atom is -0.483 e. The van der Waals surface area contributed by atoms with Crippen LogP contribution in [-0.4, -0.2) is 26.4 Å². The molecule has 0 aliphatic heterocycles. The zero-order valence-corrected chi connectivity index (χ0v) is 17.9. The fourth-order valence-corrected chi connectivity index (χ4v) is 3.50. The Bertz CT molecular complexity index is 1050. The van der Waals surface area contributed by atoms with E-state index < -0.39 is 17.6 Å². The molecule has 0 saturated carbocycles. The largest absolute Gasteiger partial charge is 0.483 e. The van der Waals surface area contributed by atoms with Gasteiger partial charge in [0.25, 0.3) is 0 Å². The molecule has 1 unspecified atom stereocenters. The number of halogens is 3. The van der Waals surface area contributed by atoms with Crippen molar-refractivity contribution in [2.75, 3.05) is 11.1 Å². The van der Waals surface area contributed by atoms with Crippen LogP contribution < -0.4 is 10.1 Å². The monoisotopic (exact) mass is 450 g/mol. The predicted octanol–water partition coefficient (Wildman–Crippen LogP) is 5.01. The van der Waals surface area contributed by atoms with Gasteiger partial charge >= 0.3 is 6.18 Å². The Morgan fingerprint density at radius 2 is 1.90 bits per heavy atom. The van der Waals surface area contributed by atoms with Gasteiger partial charge in [0.05, 0.1) is 11.3 Å². The van der Waals surface area contributed by atoms with Gasteiger partial charge in [-0.2, -0.15) is 13.2 Å². The molecular weight excluding hydrogens is 429 g/mol. The van der Waals surface area contributed by atoms with Crippen molar-refractivity contribution in [3.63, 3.8) is 0 Å². The number of hydrogen-bond donors (Lipinski definition) is 1. The number of thioether (sulfide) groups is 1. The van der Waals surface area contributed by atoms with Crippen LogP contribution in [0.25, 0.3) is 0 Å². The molecule has 164 valence electrons. The first-order valence-electron chi connectivity index (χ1n) is 9.36. The number of ether oxygens (including phenoxy) is 1. The van der Waals surface area contributed by atoms with E-state index in [1.807, 2.05) is 38.1 Å². The van der Waals surface area contributed by atoms with Crippen LogP contribution in [0.1, 0.15) is 30.0 Å². The van der Waals surface area contributed by atoms with Gasteiger partial charge in [0.15, 0.2) is 17.1 Å². The highest BCUT2D eigenvalue weighted by atomic mass is 32.2. The number of hydrogen-bond acceptors (Lipinski definition) is 5. The van der Waals surface area contributed by atoms with Gasteiger partial charge in [0, 0.05) is 12.7 Å². The summed E-state index contributed by atoms with van der Waals surface area (Å²) in [7, 11) is 1.76. The van der Waals surface area contributed by atoms with Gasteiger partial charge in [0.2, 0.25) is 5.91 Å². The molecule has 2 aromatic carbocycles. The number of carbonyl (C=O) groups is 1. The van der Waals surface area contributed by atoms with Crippen molar-refractivity contribution in [1.29, 1.82) is 0 Å². The van der Waals surface area contributed by atoms with Crippen molar-refractivity contribution in [3.8, 4) is 5.75 Å². The highest BCUT2D eigenvalue weighted by Gasteiger charge is 2.30. The average Bonchev–Trinajstić information content (AvgIpc) is 3.08. The highest BCUT2D eigenvalue weighted by molar-refractivity contribution is 7.99. The third-order valence-corrected chi connectivity index (χ3v) is 5.39. The number of benzene rings is 2. The summed E-state index contributed by atoms with van der Waals surface area (Å²) in [5, 5.41) is 11.2. The van der Waals surface area contributed by atoms with Crippen LogP contribution in [-0.2, 0) is 18.0 Å². The summed E-state index contributed by atoms with van der Waals surface area (Å²) in [6.07, 6.45) is -4.84. The lowest BCUT2D eigenvalue weighted by Crippen LogP contribution is -2.15. The van der Waals surface area contributed by atoms with E-state index in [1.165, 1.54) is 12.1 Å². The molecule has 0 bridgehead atoms. The average molecular weight is 450 g/mol. The van der Waals surface area contributed by atoms with E-state index in [0.29, 0.717) is 16.7 Å². The predicted molar refractivity (Wildman–Crippen MR) is 112 cm³/mol. The molecule has 31 heavy (non-hydrogen) atoms. The van der Waals surface area contributed by atoms with Crippen molar-refractivity contribution in [2.45, 2.75) is 31.3 Å². The van der Waals surface area contributed by atoms with Crippen LogP contribution in [0, 0.1) is 6.92 Å². The van der Waals surface area contributed by atoms with Gasteiger partial charge in [-0.05, 0) is 44.2 Å². The maximum absolute atomic E-state index is 12.8. The molecule has 3 aromatic rings. The molecule has 1 amide bonds. The van der Waals surface area contributed by atoms with Crippen molar-refractivity contribution in [2.24, 2.45) is 7.05 Å². The molecule has 0 saturated heterocycles. The number of carbonyl (C=O) groups excluding carboxylic acids is 1. The van der Waals surface area contributed by atoms with E-state index in [2.05, 4.69) is 15.5 Å². The topological polar surface area (TPSA) is 69.0 Å². The van der Waals surface area contributed by atoms with Crippen LogP contribution in [0.4, 0.5) is 18.9 Å². The number of rotatable bonds is 7. The Balaban J connectivity index is 1.58. The Morgan fingerprint density at radius 1 is 1.19 bits per heavy atom. The van der Waals surface area contributed by atoms with Crippen molar-refractivity contribution in [1.82, 2.24) is 14.8 Å². The SMILES string of the molecule is Cc1ccc(OC(C)c2nnc(SCC(=O)Nc3cccc(C(F)(F)F)c3)n2C)cc1. The molecule has 0 aliphatic rings. The second kappa shape index (κ2) is 9.42. The Labute approximate surface area is 181 Å². The van der Waals surface area contributed by atoms with E-state index in [4.69, 9.17) is 4.74 Å². The first kappa shape index (κ1) is 22.7. The van der Waals surface area contributed by atoms with Gasteiger partial charge in [0.1, 0.15) is 5.75 Å². The molecule has 0 radical (unpaired) electrons. The van der Waals surface area contributed by atoms with Crippen molar-refractivity contribution in [3.05, 3.63) is 65.5 Å². The summed E-state index contributed by atoms with van der Waals surface area (Å²) >= 11 is 1.13. The lowest BCUT2D eigenvalue weighted by molar-refractivity contribution is -0.137. The van der Waals surface area contributed by atoms with Gasteiger partial charge in [-0.15, -0.1) is 10.2 Å².